The van der Waals surface area contributed by atoms with E-state index in [4.69, 9.17) is 0 Å². The number of hydrogen-bond acceptors (Lipinski definition) is 2. The summed E-state index contributed by atoms with van der Waals surface area (Å²) in [5.41, 5.74) is 2.45. The molecule has 0 unspecified atom stereocenters. The van der Waals surface area contributed by atoms with Gasteiger partial charge in [0, 0.05) is 24.4 Å². The quantitative estimate of drug-likeness (QED) is 0.894. The number of pyridine rings is 1. The van der Waals surface area contributed by atoms with Crippen molar-refractivity contribution in [2.24, 2.45) is 5.41 Å². The first kappa shape index (κ1) is 13.1. The van der Waals surface area contributed by atoms with Crippen LogP contribution < -0.4 is 5.32 Å². The lowest BCUT2D eigenvalue weighted by Gasteiger charge is -2.57. The zero-order valence-electron chi connectivity index (χ0n) is 12.1. The first-order valence-corrected chi connectivity index (χ1v) is 7.84. The Balaban J connectivity index is 1.78. The van der Waals surface area contributed by atoms with Crippen LogP contribution in [0.5, 0.6) is 0 Å². The van der Waals surface area contributed by atoms with Crippen LogP contribution in [0.25, 0.3) is 0 Å². The molecule has 1 heterocycles. The van der Waals surface area contributed by atoms with Gasteiger partial charge in [-0.25, -0.2) is 0 Å². The molecule has 0 aliphatic heterocycles. The van der Waals surface area contributed by atoms with Crippen LogP contribution >= 0.6 is 0 Å². The van der Waals surface area contributed by atoms with E-state index in [1.165, 1.54) is 56.9 Å². The zero-order chi connectivity index (χ0) is 13.2. The Morgan fingerprint density at radius 3 is 2.47 bits per heavy atom. The lowest BCUT2D eigenvalue weighted by molar-refractivity contribution is 0.00702. The molecular formula is C17H26N2. The summed E-state index contributed by atoms with van der Waals surface area (Å²) in [7, 11) is 2.08. The molecule has 2 fully saturated rings. The van der Waals surface area contributed by atoms with Gasteiger partial charge >= 0.3 is 0 Å². The molecule has 19 heavy (non-hydrogen) atoms. The molecule has 0 bridgehead atoms. The molecule has 1 aromatic heterocycles. The molecule has 3 rings (SSSR count). The van der Waals surface area contributed by atoms with Crippen molar-refractivity contribution in [1.29, 1.82) is 0 Å². The molecule has 0 saturated heterocycles. The fourth-order valence-corrected chi connectivity index (χ4v) is 4.66. The third kappa shape index (κ3) is 2.43. The number of hydrogen-bond donors (Lipinski definition) is 1. The highest BCUT2D eigenvalue weighted by atomic mass is 14.9. The second-order valence-electron chi connectivity index (χ2n) is 6.82. The standard InChI is InChI=1S/C17H26N2/c1-18-14-17(15-7-6-10-19-11-15)12-16(13-17)8-4-2-3-5-9-16/h6-7,10-11,18H,2-5,8-9,12-14H2,1H3. The van der Waals surface area contributed by atoms with Gasteiger partial charge in [0.1, 0.15) is 0 Å². The SMILES string of the molecule is CNCC1(c2cccnc2)CC2(CCCCCC2)C1. The van der Waals surface area contributed by atoms with Crippen LogP contribution in [-0.4, -0.2) is 18.6 Å². The summed E-state index contributed by atoms with van der Waals surface area (Å²) in [6, 6.07) is 4.36. The zero-order valence-corrected chi connectivity index (χ0v) is 12.1. The van der Waals surface area contributed by atoms with E-state index < -0.39 is 0 Å². The monoisotopic (exact) mass is 258 g/mol. The van der Waals surface area contributed by atoms with Gasteiger partial charge in [-0.1, -0.05) is 31.7 Å². The Bertz CT molecular complexity index is 397. The van der Waals surface area contributed by atoms with E-state index in [0.717, 1.165) is 6.54 Å². The summed E-state index contributed by atoms with van der Waals surface area (Å²) in [5, 5.41) is 3.42. The van der Waals surface area contributed by atoms with Crippen molar-refractivity contribution in [3.05, 3.63) is 30.1 Å². The van der Waals surface area contributed by atoms with Crippen molar-refractivity contribution < 1.29 is 0 Å². The molecule has 1 aromatic rings. The van der Waals surface area contributed by atoms with Crippen molar-refractivity contribution in [2.45, 2.75) is 56.8 Å². The summed E-state index contributed by atoms with van der Waals surface area (Å²) in [6.45, 7) is 1.10. The molecule has 0 amide bonds. The number of nitrogens with one attached hydrogen (secondary N) is 1. The third-order valence-corrected chi connectivity index (χ3v) is 5.38. The van der Waals surface area contributed by atoms with E-state index >= 15 is 0 Å². The predicted octanol–water partition coefficient (Wildman–Crippen LogP) is 3.67. The molecule has 0 aromatic carbocycles. The van der Waals surface area contributed by atoms with Crippen LogP contribution in [0.15, 0.2) is 24.5 Å². The van der Waals surface area contributed by atoms with Crippen molar-refractivity contribution in [3.8, 4) is 0 Å². The van der Waals surface area contributed by atoms with Gasteiger partial charge in [-0.2, -0.15) is 0 Å². The maximum atomic E-state index is 4.34. The largest absolute Gasteiger partial charge is 0.319 e. The molecule has 2 heteroatoms. The molecule has 0 radical (unpaired) electrons. The first-order chi connectivity index (χ1) is 9.29. The summed E-state index contributed by atoms with van der Waals surface area (Å²) in [5.74, 6) is 0. The fourth-order valence-electron chi connectivity index (χ4n) is 4.66. The first-order valence-electron chi connectivity index (χ1n) is 7.84. The minimum atomic E-state index is 0.355. The van der Waals surface area contributed by atoms with Crippen molar-refractivity contribution in [1.82, 2.24) is 10.3 Å². The normalized spacial score (nSPS) is 24.7. The highest BCUT2D eigenvalue weighted by Crippen LogP contribution is 2.60. The molecule has 1 N–H and O–H groups in total. The van der Waals surface area contributed by atoms with E-state index in [-0.39, 0.29) is 0 Å². The van der Waals surface area contributed by atoms with Gasteiger partial charge in [0.05, 0.1) is 0 Å². The average molecular weight is 258 g/mol. The fraction of sp³-hybridized carbons (Fsp3) is 0.706. The van der Waals surface area contributed by atoms with E-state index in [9.17, 15) is 0 Å². The highest BCUT2D eigenvalue weighted by molar-refractivity contribution is 5.29. The smallest absolute Gasteiger partial charge is 0.0306 e. The molecule has 2 saturated carbocycles. The van der Waals surface area contributed by atoms with Gasteiger partial charge in [0.25, 0.3) is 0 Å². The lowest BCUT2D eigenvalue weighted by Crippen LogP contribution is -2.54. The van der Waals surface area contributed by atoms with E-state index in [2.05, 4.69) is 35.7 Å². The molecule has 1 spiro atoms. The van der Waals surface area contributed by atoms with Gasteiger partial charge in [-0.05, 0) is 49.8 Å². The molecule has 2 aliphatic carbocycles. The number of likely N-dealkylation sites (N-methyl/N-ethyl adjacent to an activating group) is 1. The predicted molar refractivity (Wildman–Crippen MR) is 79.2 cm³/mol. The number of nitrogens with zero attached hydrogens (tertiary/aromatic N) is 1. The molecule has 2 aliphatic rings. The van der Waals surface area contributed by atoms with E-state index in [1.54, 1.807) is 0 Å². The van der Waals surface area contributed by atoms with Gasteiger partial charge in [0.15, 0.2) is 0 Å². The Kier molecular flexibility index (Phi) is 3.62. The summed E-state index contributed by atoms with van der Waals surface area (Å²) >= 11 is 0. The Labute approximate surface area is 117 Å². The maximum Gasteiger partial charge on any atom is 0.0306 e. The van der Waals surface area contributed by atoms with E-state index in [0.29, 0.717) is 10.8 Å². The van der Waals surface area contributed by atoms with Crippen molar-refractivity contribution in [3.63, 3.8) is 0 Å². The van der Waals surface area contributed by atoms with Crippen molar-refractivity contribution in [2.75, 3.05) is 13.6 Å². The van der Waals surface area contributed by atoms with Gasteiger partial charge in [-0.3, -0.25) is 4.98 Å². The second-order valence-corrected chi connectivity index (χ2v) is 6.82. The van der Waals surface area contributed by atoms with Crippen LogP contribution in [0.3, 0.4) is 0 Å². The van der Waals surface area contributed by atoms with Gasteiger partial charge in [0.2, 0.25) is 0 Å². The molecule has 0 atom stereocenters. The maximum absolute atomic E-state index is 4.34. The summed E-state index contributed by atoms with van der Waals surface area (Å²) in [4.78, 5) is 4.34. The minimum Gasteiger partial charge on any atom is -0.319 e. The summed E-state index contributed by atoms with van der Waals surface area (Å²) < 4.78 is 0. The van der Waals surface area contributed by atoms with Crippen LogP contribution in [0.1, 0.15) is 56.9 Å². The van der Waals surface area contributed by atoms with Gasteiger partial charge in [-0.15, -0.1) is 0 Å². The second kappa shape index (κ2) is 5.24. The lowest BCUT2D eigenvalue weighted by atomic mass is 9.48. The topological polar surface area (TPSA) is 24.9 Å². The molecule has 104 valence electrons. The van der Waals surface area contributed by atoms with Crippen LogP contribution in [0.2, 0.25) is 0 Å². The molecule has 2 nitrogen and oxygen atoms in total. The van der Waals surface area contributed by atoms with Gasteiger partial charge < -0.3 is 5.32 Å². The average Bonchev–Trinajstić information content (AvgIpc) is 2.65. The Morgan fingerprint density at radius 1 is 1.16 bits per heavy atom. The van der Waals surface area contributed by atoms with Crippen molar-refractivity contribution >= 4 is 0 Å². The number of rotatable bonds is 3. The highest BCUT2D eigenvalue weighted by Gasteiger charge is 2.54. The van der Waals surface area contributed by atoms with Crippen LogP contribution in [0, 0.1) is 5.41 Å². The summed E-state index contributed by atoms with van der Waals surface area (Å²) in [6.07, 6.45) is 15.4. The Hall–Kier alpha value is -0.890. The van der Waals surface area contributed by atoms with Crippen LogP contribution in [0.4, 0.5) is 0 Å². The van der Waals surface area contributed by atoms with E-state index in [1.807, 2.05) is 6.20 Å². The third-order valence-electron chi connectivity index (χ3n) is 5.38. The number of aromatic nitrogens is 1. The molecular weight excluding hydrogens is 232 g/mol. The minimum absolute atomic E-state index is 0.355. The Morgan fingerprint density at radius 2 is 1.89 bits per heavy atom. The van der Waals surface area contributed by atoms with Crippen LogP contribution in [-0.2, 0) is 5.41 Å².